The first-order valence-corrected chi connectivity index (χ1v) is 5.00. The van der Waals surface area contributed by atoms with Gasteiger partial charge in [-0.25, -0.2) is 0 Å². The third kappa shape index (κ3) is 1.85. The standard InChI is InChI=1S/C12H14O2/c1-9(13)10-4-6-11(7-5-10)12-3-2-8-14-12/h4-7,12H,2-3,8H2,1H3. The third-order valence-electron chi connectivity index (χ3n) is 2.62. The number of ketones is 1. The Morgan fingerprint density at radius 3 is 2.57 bits per heavy atom. The van der Waals surface area contributed by atoms with Crippen LogP contribution < -0.4 is 0 Å². The number of rotatable bonds is 2. The first kappa shape index (κ1) is 9.41. The minimum absolute atomic E-state index is 0.115. The molecule has 74 valence electrons. The van der Waals surface area contributed by atoms with Gasteiger partial charge in [0.1, 0.15) is 0 Å². The molecule has 0 saturated carbocycles. The van der Waals surface area contributed by atoms with Crippen molar-refractivity contribution in [1.29, 1.82) is 0 Å². The number of Topliss-reactive ketones (excluding diaryl/α,β-unsaturated/α-hetero) is 1. The van der Waals surface area contributed by atoms with Crippen molar-refractivity contribution < 1.29 is 9.53 Å². The molecule has 14 heavy (non-hydrogen) atoms. The van der Waals surface area contributed by atoms with Gasteiger partial charge in [0, 0.05) is 12.2 Å². The van der Waals surface area contributed by atoms with Crippen molar-refractivity contribution in [2.45, 2.75) is 25.9 Å². The zero-order chi connectivity index (χ0) is 9.97. The molecule has 1 aromatic rings. The van der Waals surface area contributed by atoms with Crippen molar-refractivity contribution in [3.8, 4) is 0 Å². The van der Waals surface area contributed by atoms with Crippen LogP contribution in [0.15, 0.2) is 24.3 Å². The Morgan fingerprint density at radius 1 is 1.36 bits per heavy atom. The van der Waals surface area contributed by atoms with Gasteiger partial charge in [0.15, 0.2) is 5.78 Å². The highest BCUT2D eigenvalue weighted by atomic mass is 16.5. The van der Waals surface area contributed by atoms with E-state index in [-0.39, 0.29) is 11.9 Å². The first-order chi connectivity index (χ1) is 6.77. The Labute approximate surface area is 83.9 Å². The quantitative estimate of drug-likeness (QED) is 0.670. The maximum absolute atomic E-state index is 11.0. The molecular formula is C12H14O2. The lowest BCUT2D eigenvalue weighted by Crippen LogP contribution is -1.97. The van der Waals surface area contributed by atoms with Crippen LogP contribution in [0.4, 0.5) is 0 Å². The summed E-state index contributed by atoms with van der Waals surface area (Å²) in [4.78, 5) is 11.0. The molecular weight excluding hydrogens is 176 g/mol. The van der Waals surface area contributed by atoms with Crippen molar-refractivity contribution in [1.82, 2.24) is 0 Å². The molecule has 2 rings (SSSR count). The Morgan fingerprint density at radius 2 is 2.07 bits per heavy atom. The van der Waals surface area contributed by atoms with Crippen LogP contribution in [0.1, 0.15) is 41.8 Å². The Balaban J connectivity index is 2.16. The highest BCUT2D eigenvalue weighted by molar-refractivity contribution is 5.94. The third-order valence-corrected chi connectivity index (χ3v) is 2.62. The van der Waals surface area contributed by atoms with Crippen LogP contribution in [-0.4, -0.2) is 12.4 Å². The van der Waals surface area contributed by atoms with Crippen LogP contribution in [0.2, 0.25) is 0 Å². The highest BCUT2D eigenvalue weighted by Crippen LogP contribution is 2.28. The summed E-state index contributed by atoms with van der Waals surface area (Å²) in [6.07, 6.45) is 2.48. The zero-order valence-electron chi connectivity index (χ0n) is 8.32. The van der Waals surface area contributed by atoms with E-state index in [1.54, 1.807) is 6.92 Å². The van der Waals surface area contributed by atoms with E-state index in [1.165, 1.54) is 5.56 Å². The SMILES string of the molecule is CC(=O)c1ccc(C2CCCO2)cc1. The second kappa shape index (κ2) is 3.93. The molecule has 0 radical (unpaired) electrons. The second-order valence-electron chi connectivity index (χ2n) is 3.68. The maximum atomic E-state index is 11.0. The number of hydrogen-bond donors (Lipinski definition) is 0. The summed E-state index contributed by atoms with van der Waals surface area (Å²) >= 11 is 0. The van der Waals surface area contributed by atoms with Crippen LogP contribution in [0.5, 0.6) is 0 Å². The van der Waals surface area contributed by atoms with Gasteiger partial charge in [0.05, 0.1) is 6.10 Å². The second-order valence-corrected chi connectivity index (χ2v) is 3.68. The van der Waals surface area contributed by atoms with Crippen molar-refractivity contribution in [2.24, 2.45) is 0 Å². The van der Waals surface area contributed by atoms with Gasteiger partial charge in [-0.1, -0.05) is 24.3 Å². The molecule has 1 atom stereocenters. The van der Waals surface area contributed by atoms with Gasteiger partial charge in [-0.15, -0.1) is 0 Å². The molecule has 0 aromatic heterocycles. The summed E-state index contributed by atoms with van der Waals surface area (Å²) in [6, 6.07) is 7.73. The van der Waals surface area contributed by atoms with E-state index < -0.39 is 0 Å². The molecule has 1 saturated heterocycles. The molecule has 0 aliphatic carbocycles. The molecule has 0 amide bonds. The number of ether oxygens (including phenoxy) is 1. The van der Waals surface area contributed by atoms with Crippen LogP contribution in [0, 0.1) is 0 Å². The van der Waals surface area contributed by atoms with Gasteiger partial charge in [-0.05, 0) is 25.3 Å². The molecule has 0 bridgehead atoms. The molecule has 1 aliphatic heterocycles. The fraction of sp³-hybridized carbons (Fsp3) is 0.417. The predicted octanol–water partition coefficient (Wildman–Crippen LogP) is 2.74. The minimum Gasteiger partial charge on any atom is -0.374 e. The lowest BCUT2D eigenvalue weighted by molar-refractivity contribution is 0.101. The molecule has 0 spiro atoms. The van der Waals surface area contributed by atoms with Crippen molar-refractivity contribution in [3.63, 3.8) is 0 Å². The summed E-state index contributed by atoms with van der Waals surface area (Å²) in [5.74, 6) is 0.115. The van der Waals surface area contributed by atoms with Crippen molar-refractivity contribution in [3.05, 3.63) is 35.4 Å². The first-order valence-electron chi connectivity index (χ1n) is 5.00. The largest absolute Gasteiger partial charge is 0.374 e. The molecule has 1 unspecified atom stereocenters. The highest BCUT2D eigenvalue weighted by Gasteiger charge is 2.17. The lowest BCUT2D eigenvalue weighted by Gasteiger charge is -2.09. The molecule has 2 nitrogen and oxygen atoms in total. The number of carbonyl (C=O) groups excluding carboxylic acids is 1. The van der Waals surface area contributed by atoms with Crippen LogP contribution in [0.3, 0.4) is 0 Å². The predicted molar refractivity (Wildman–Crippen MR) is 54.4 cm³/mol. The zero-order valence-corrected chi connectivity index (χ0v) is 8.32. The van der Waals surface area contributed by atoms with Crippen molar-refractivity contribution >= 4 is 5.78 Å². The van der Waals surface area contributed by atoms with E-state index >= 15 is 0 Å². The van der Waals surface area contributed by atoms with Gasteiger partial charge in [-0.3, -0.25) is 4.79 Å². The smallest absolute Gasteiger partial charge is 0.159 e. The van der Waals surface area contributed by atoms with Crippen LogP contribution >= 0.6 is 0 Å². The summed E-state index contributed by atoms with van der Waals surface area (Å²) in [5.41, 5.74) is 1.96. The maximum Gasteiger partial charge on any atom is 0.159 e. The van der Waals surface area contributed by atoms with Gasteiger partial charge >= 0.3 is 0 Å². The number of hydrogen-bond acceptors (Lipinski definition) is 2. The topological polar surface area (TPSA) is 26.3 Å². The molecule has 1 aromatic carbocycles. The van der Waals surface area contributed by atoms with E-state index in [0.717, 1.165) is 25.0 Å². The number of carbonyl (C=O) groups is 1. The molecule has 1 aliphatic rings. The van der Waals surface area contributed by atoms with Crippen molar-refractivity contribution in [2.75, 3.05) is 6.61 Å². The summed E-state index contributed by atoms with van der Waals surface area (Å²) in [7, 11) is 0. The number of benzene rings is 1. The van der Waals surface area contributed by atoms with E-state index in [4.69, 9.17) is 4.74 Å². The minimum atomic E-state index is 0.115. The van der Waals surface area contributed by atoms with E-state index in [9.17, 15) is 4.79 Å². The van der Waals surface area contributed by atoms with Gasteiger partial charge in [0.2, 0.25) is 0 Å². The van der Waals surface area contributed by atoms with Crippen LogP contribution in [-0.2, 0) is 4.74 Å². The van der Waals surface area contributed by atoms with E-state index in [1.807, 2.05) is 24.3 Å². The van der Waals surface area contributed by atoms with Gasteiger partial charge < -0.3 is 4.74 Å². The Kier molecular flexibility index (Phi) is 2.64. The summed E-state index contributed by atoms with van der Waals surface area (Å²) in [5, 5.41) is 0. The molecule has 1 fully saturated rings. The van der Waals surface area contributed by atoms with E-state index in [0.29, 0.717) is 0 Å². The van der Waals surface area contributed by atoms with Gasteiger partial charge in [0.25, 0.3) is 0 Å². The Bertz CT molecular complexity index is 321. The normalized spacial score (nSPS) is 21.1. The lowest BCUT2D eigenvalue weighted by atomic mass is 10.0. The average Bonchev–Trinajstić information content (AvgIpc) is 2.71. The molecule has 0 N–H and O–H groups in total. The Hall–Kier alpha value is -1.15. The fourth-order valence-electron chi connectivity index (χ4n) is 1.77. The molecule has 2 heteroatoms. The average molecular weight is 190 g/mol. The molecule has 1 heterocycles. The summed E-state index contributed by atoms with van der Waals surface area (Å²) in [6.45, 7) is 2.44. The van der Waals surface area contributed by atoms with Gasteiger partial charge in [-0.2, -0.15) is 0 Å². The van der Waals surface area contributed by atoms with Crippen LogP contribution in [0.25, 0.3) is 0 Å². The fourth-order valence-corrected chi connectivity index (χ4v) is 1.77. The summed E-state index contributed by atoms with van der Waals surface area (Å²) < 4.78 is 5.55. The monoisotopic (exact) mass is 190 g/mol. The van der Waals surface area contributed by atoms with E-state index in [2.05, 4.69) is 0 Å².